The Bertz CT molecular complexity index is 1950. The second kappa shape index (κ2) is 10.6. The molecule has 1 fully saturated rings. The van der Waals surface area contributed by atoms with Crippen molar-refractivity contribution in [2.75, 3.05) is 13.1 Å². The molecule has 0 atom stereocenters. The van der Waals surface area contributed by atoms with Crippen molar-refractivity contribution in [2.45, 2.75) is 38.4 Å². The molecule has 0 bridgehead atoms. The quantitative estimate of drug-likeness (QED) is 0.243. The average molecular weight is 573 g/mol. The maximum absolute atomic E-state index is 15.2. The van der Waals surface area contributed by atoms with Crippen LogP contribution in [0.3, 0.4) is 0 Å². The molecule has 11 heteroatoms. The molecule has 1 aliphatic heterocycles. The van der Waals surface area contributed by atoms with Gasteiger partial charge in [-0.25, -0.2) is 9.18 Å². The van der Waals surface area contributed by atoms with E-state index in [2.05, 4.69) is 44.3 Å². The topological polar surface area (TPSA) is 84.9 Å². The number of nitrogens with one attached hydrogen (secondary N) is 1. The van der Waals surface area contributed by atoms with E-state index in [0.717, 1.165) is 55.1 Å². The number of imidazole rings is 1. The number of halogens is 3. The van der Waals surface area contributed by atoms with E-state index in [0.29, 0.717) is 0 Å². The molecule has 0 spiro atoms. The number of benzene rings is 3. The van der Waals surface area contributed by atoms with Crippen molar-refractivity contribution in [2.24, 2.45) is 0 Å². The Labute approximate surface area is 238 Å². The minimum absolute atomic E-state index is 0.0174. The normalized spacial score (nSPS) is 15.0. The number of hydrogen-bond acceptors (Lipinski definition) is 5. The molecule has 1 aliphatic rings. The van der Waals surface area contributed by atoms with Crippen molar-refractivity contribution < 1.29 is 17.6 Å². The fourth-order valence-corrected chi connectivity index (χ4v) is 6.01. The first-order valence-electron chi connectivity index (χ1n) is 13.8. The SMILES string of the molecule is O=c1n(Cc2ccc(-c3nnc(C(F)F)o3)cc2F)c2ccccc2n1C1CCN(Cc2cccc3cc[nH]c23)CC1. The molecule has 7 rings (SSSR count). The smallest absolute Gasteiger partial charge is 0.329 e. The largest absolute Gasteiger partial charge is 0.415 e. The Balaban J connectivity index is 1.12. The van der Waals surface area contributed by atoms with Gasteiger partial charge in [-0.3, -0.25) is 14.0 Å². The summed E-state index contributed by atoms with van der Waals surface area (Å²) in [5.41, 5.74) is 4.24. The van der Waals surface area contributed by atoms with Crippen molar-refractivity contribution >= 4 is 21.9 Å². The third-order valence-corrected chi connectivity index (χ3v) is 8.11. The number of fused-ring (bicyclic) bond motifs is 2. The molecular formula is C31H27F3N6O2. The zero-order valence-electron chi connectivity index (χ0n) is 22.5. The summed E-state index contributed by atoms with van der Waals surface area (Å²) < 4.78 is 49.2. The summed E-state index contributed by atoms with van der Waals surface area (Å²) in [4.78, 5) is 19.6. The molecule has 0 unspecified atom stereocenters. The van der Waals surface area contributed by atoms with Crippen molar-refractivity contribution in [3.8, 4) is 11.5 Å². The van der Waals surface area contributed by atoms with E-state index in [1.165, 1.54) is 23.1 Å². The van der Waals surface area contributed by atoms with Crippen LogP contribution in [0.4, 0.5) is 13.2 Å². The van der Waals surface area contributed by atoms with E-state index in [9.17, 15) is 13.6 Å². The van der Waals surface area contributed by atoms with Gasteiger partial charge in [0.05, 0.1) is 17.6 Å². The highest BCUT2D eigenvalue weighted by Crippen LogP contribution is 2.29. The van der Waals surface area contributed by atoms with Gasteiger partial charge in [0.2, 0.25) is 5.89 Å². The average Bonchev–Trinajstić information content (AvgIpc) is 3.74. The van der Waals surface area contributed by atoms with Crippen LogP contribution in [-0.4, -0.2) is 42.3 Å². The molecular weight excluding hydrogens is 545 g/mol. The van der Waals surface area contributed by atoms with Crippen molar-refractivity contribution in [1.29, 1.82) is 0 Å². The van der Waals surface area contributed by atoms with Crippen molar-refractivity contribution in [3.05, 3.63) is 106 Å². The second-order valence-corrected chi connectivity index (χ2v) is 10.6. The molecule has 0 saturated carbocycles. The summed E-state index contributed by atoms with van der Waals surface area (Å²) in [6.45, 7) is 2.56. The van der Waals surface area contributed by atoms with Crippen LogP contribution < -0.4 is 5.69 Å². The van der Waals surface area contributed by atoms with Crippen LogP contribution in [0.15, 0.2) is 82.1 Å². The van der Waals surface area contributed by atoms with E-state index < -0.39 is 18.1 Å². The van der Waals surface area contributed by atoms with E-state index in [4.69, 9.17) is 4.42 Å². The monoisotopic (exact) mass is 572 g/mol. The van der Waals surface area contributed by atoms with Crippen LogP contribution >= 0.6 is 0 Å². The van der Waals surface area contributed by atoms with Crippen molar-refractivity contribution in [3.63, 3.8) is 0 Å². The number of para-hydroxylation sites is 3. The molecule has 4 heterocycles. The first-order valence-corrected chi connectivity index (χ1v) is 13.8. The number of alkyl halides is 2. The van der Waals surface area contributed by atoms with E-state index in [1.54, 1.807) is 4.57 Å². The Morgan fingerprint density at radius 2 is 1.74 bits per heavy atom. The predicted molar refractivity (Wildman–Crippen MR) is 152 cm³/mol. The lowest BCUT2D eigenvalue weighted by molar-refractivity contribution is 0.116. The van der Waals surface area contributed by atoms with Crippen LogP contribution in [0.25, 0.3) is 33.4 Å². The molecule has 1 saturated heterocycles. The molecule has 42 heavy (non-hydrogen) atoms. The molecule has 3 aromatic heterocycles. The molecule has 0 amide bonds. The Kier molecular flexibility index (Phi) is 6.66. The first-order chi connectivity index (χ1) is 20.5. The van der Waals surface area contributed by atoms with Gasteiger partial charge < -0.3 is 9.40 Å². The van der Waals surface area contributed by atoms with Gasteiger partial charge in [-0.2, -0.15) is 8.78 Å². The second-order valence-electron chi connectivity index (χ2n) is 10.6. The van der Waals surface area contributed by atoms with Gasteiger partial charge in [-0.05, 0) is 54.1 Å². The summed E-state index contributed by atoms with van der Waals surface area (Å²) >= 11 is 0. The van der Waals surface area contributed by atoms with E-state index in [1.807, 2.05) is 35.0 Å². The summed E-state index contributed by atoms with van der Waals surface area (Å²) in [5, 5.41) is 8.08. The standard InChI is InChI=1S/C31H27F3N6O2/c32-24-16-20(29-36-37-30(42-29)28(33)34)8-9-21(24)18-39-25-6-1-2-7-26(25)40(31(39)41)23-11-14-38(15-12-23)17-22-5-3-4-19-10-13-35-27(19)22/h1-10,13,16,23,28,35H,11-12,14-15,17-18H2. The number of piperidine rings is 1. The highest BCUT2D eigenvalue weighted by molar-refractivity contribution is 5.82. The third kappa shape index (κ3) is 4.69. The summed E-state index contributed by atoms with van der Waals surface area (Å²) in [6.07, 6.45) is 0.693. The van der Waals surface area contributed by atoms with Gasteiger partial charge in [0, 0.05) is 48.5 Å². The fourth-order valence-electron chi connectivity index (χ4n) is 6.01. The predicted octanol–water partition coefficient (Wildman–Crippen LogP) is 6.30. The van der Waals surface area contributed by atoms with E-state index >= 15 is 4.39 Å². The zero-order valence-corrected chi connectivity index (χ0v) is 22.5. The maximum Gasteiger partial charge on any atom is 0.329 e. The third-order valence-electron chi connectivity index (χ3n) is 8.11. The number of aromatic amines is 1. The van der Waals surface area contributed by atoms with Gasteiger partial charge in [0.25, 0.3) is 5.89 Å². The molecule has 0 aliphatic carbocycles. The number of hydrogen-bond donors (Lipinski definition) is 1. The minimum atomic E-state index is -2.91. The minimum Gasteiger partial charge on any atom is -0.415 e. The number of aromatic nitrogens is 5. The summed E-state index contributed by atoms with van der Waals surface area (Å²) in [7, 11) is 0. The molecule has 6 aromatic rings. The fraction of sp³-hybridized carbons (Fsp3) is 0.258. The maximum atomic E-state index is 15.2. The molecule has 8 nitrogen and oxygen atoms in total. The molecule has 0 radical (unpaired) electrons. The van der Waals surface area contributed by atoms with Crippen LogP contribution in [0.2, 0.25) is 0 Å². The number of H-pyrrole nitrogens is 1. The number of nitrogens with zero attached hydrogens (tertiary/aromatic N) is 5. The van der Waals surface area contributed by atoms with E-state index in [-0.39, 0.29) is 35.3 Å². The highest BCUT2D eigenvalue weighted by atomic mass is 19.3. The molecule has 214 valence electrons. The zero-order chi connectivity index (χ0) is 28.8. The first kappa shape index (κ1) is 26.3. The summed E-state index contributed by atoms with van der Waals surface area (Å²) in [5.74, 6) is -1.61. The Hall–Kier alpha value is -4.64. The molecule has 3 aromatic carbocycles. The lowest BCUT2D eigenvalue weighted by Crippen LogP contribution is -2.37. The highest BCUT2D eigenvalue weighted by Gasteiger charge is 2.26. The van der Waals surface area contributed by atoms with Gasteiger partial charge in [-0.1, -0.05) is 36.4 Å². The van der Waals surface area contributed by atoms with Crippen molar-refractivity contribution in [1.82, 2.24) is 29.2 Å². The summed E-state index contributed by atoms with van der Waals surface area (Å²) in [6, 6.07) is 20.2. The van der Waals surface area contributed by atoms with Crippen LogP contribution in [0.5, 0.6) is 0 Å². The number of likely N-dealkylation sites (tertiary alicyclic amines) is 1. The van der Waals surface area contributed by atoms with Gasteiger partial charge >= 0.3 is 12.1 Å². The molecule has 1 N–H and O–H groups in total. The lowest BCUT2D eigenvalue weighted by Gasteiger charge is -2.32. The van der Waals surface area contributed by atoms with Crippen LogP contribution in [-0.2, 0) is 13.1 Å². The van der Waals surface area contributed by atoms with Gasteiger partial charge in [-0.15, -0.1) is 10.2 Å². The lowest BCUT2D eigenvalue weighted by atomic mass is 10.0. The number of rotatable bonds is 7. The van der Waals surface area contributed by atoms with Crippen LogP contribution in [0, 0.1) is 5.82 Å². The van der Waals surface area contributed by atoms with Crippen LogP contribution in [0.1, 0.15) is 42.3 Å². The van der Waals surface area contributed by atoms with Gasteiger partial charge in [0.15, 0.2) is 0 Å². The van der Waals surface area contributed by atoms with Gasteiger partial charge in [0.1, 0.15) is 5.82 Å². The Morgan fingerprint density at radius 3 is 2.50 bits per heavy atom. The Morgan fingerprint density at radius 1 is 0.929 bits per heavy atom.